The standard InChI is InChI=1S/C21H32N2O3/c1-14-7-16(13-23-3-5-25-6-4-23)8-15(2)21(14)26-20-10-18-12-22-11-17(18)9-19(20)24/h7-8,17-20,22,24H,3-6,9-13H2,1-2H3/t17-,18+,19+,20+/m0/s1. The summed E-state index contributed by atoms with van der Waals surface area (Å²) in [7, 11) is 0. The summed E-state index contributed by atoms with van der Waals surface area (Å²) in [5, 5.41) is 14.0. The number of morpholine rings is 1. The molecule has 26 heavy (non-hydrogen) atoms. The highest BCUT2D eigenvalue weighted by atomic mass is 16.5. The third-order valence-corrected chi connectivity index (χ3v) is 6.29. The maximum Gasteiger partial charge on any atom is 0.125 e. The highest BCUT2D eigenvalue weighted by molar-refractivity contribution is 5.43. The average molecular weight is 360 g/mol. The van der Waals surface area contributed by atoms with E-state index in [4.69, 9.17) is 9.47 Å². The minimum atomic E-state index is -0.358. The second-order valence-electron chi connectivity index (χ2n) is 8.32. The molecule has 0 bridgehead atoms. The van der Waals surface area contributed by atoms with Gasteiger partial charge >= 0.3 is 0 Å². The Hall–Kier alpha value is -1.14. The van der Waals surface area contributed by atoms with Crippen molar-refractivity contribution in [1.82, 2.24) is 10.2 Å². The van der Waals surface area contributed by atoms with Crippen LogP contribution >= 0.6 is 0 Å². The molecule has 3 fully saturated rings. The highest BCUT2D eigenvalue weighted by Crippen LogP contribution is 2.36. The molecule has 0 aromatic heterocycles. The Morgan fingerprint density at radius 1 is 1.12 bits per heavy atom. The second-order valence-corrected chi connectivity index (χ2v) is 8.32. The number of benzene rings is 1. The van der Waals surface area contributed by atoms with Crippen LogP contribution in [0.5, 0.6) is 5.75 Å². The predicted molar refractivity (Wildman–Crippen MR) is 102 cm³/mol. The Morgan fingerprint density at radius 2 is 1.77 bits per heavy atom. The van der Waals surface area contributed by atoms with E-state index in [0.717, 1.165) is 64.5 Å². The van der Waals surface area contributed by atoms with E-state index in [1.165, 1.54) is 16.7 Å². The summed E-state index contributed by atoms with van der Waals surface area (Å²) in [4.78, 5) is 2.44. The van der Waals surface area contributed by atoms with Crippen molar-refractivity contribution in [3.05, 3.63) is 28.8 Å². The largest absolute Gasteiger partial charge is 0.487 e. The summed E-state index contributed by atoms with van der Waals surface area (Å²) in [6.07, 6.45) is 1.37. The summed E-state index contributed by atoms with van der Waals surface area (Å²) in [6.45, 7) is 11.0. The first kappa shape index (κ1) is 18.2. The first-order valence-corrected chi connectivity index (χ1v) is 10.1. The van der Waals surface area contributed by atoms with E-state index in [-0.39, 0.29) is 12.2 Å². The van der Waals surface area contributed by atoms with Gasteiger partial charge in [-0.05, 0) is 68.3 Å². The van der Waals surface area contributed by atoms with Crippen LogP contribution in [-0.2, 0) is 11.3 Å². The molecular formula is C21H32N2O3. The lowest BCUT2D eigenvalue weighted by Gasteiger charge is -2.36. The number of nitrogens with zero attached hydrogens (tertiary/aromatic N) is 1. The fraction of sp³-hybridized carbons (Fsp3) is 0.714. The van der Waals surface area contributed by atoms with Crippen LogP contribution in [0, 0.1) is 25.7 Å². The van der Waals surface area contributed by atoms with Gasteiger partial charge in [0.1, 0.15) is 11.9 Å². The number of hydrogen-bond acceptors (Lipinski definition) is 5. The van der Waals surface area contributed by atoms with Crippen molar-refractivity contribution in [1.29, 1.82) is 0 Å². The van der Waals surface area contributed by atoms with E-state index in [2.05, 4.69) is 36.2 Å². The minimum Gasteiger partial charge on any atom is -0.487 e. The van der Waals surface area contributed by atoms with E-state index in [1.807, 2.05) is 0 Å². The molecule has 1 aromatic rings. The van der Waals surface area contributed by atoms with Crippen molar-refractivity contribution < 1.29 is 14.6 Å². The molecule has 2 saturated heterocycles. The number of fused-ring (bicyclic) bond motifs is 1. The van der Waals surface area contributed by atoms with Gasteiger partial charge < -0.3 is 19.9 Å². The number of aliphatic hydroxyl groups is 1. The first-order chi connectivity index (χ1) is 12.6. The van der Waals surface area contributed by atoms with Crippen molar-refractivity contribution in [2.45, 2.75) is 45.4 Å². The normalized spacial score (nSPS) is 32.4. The summed E-state index contributed by atoms with van der Waals surface area (Å²) >= 11 is 0. The van der Waals surface area contributed by atoms with Gasteiger partial charge in [0.05, 0.1) is 19.3 Å². The van der Waals surface area contributed by atoms with Crippen LogP contribution in [0.25, 0.3) is 0 Å². The van der Waals surface area contributed by atoms with Crippen LogP contribution in [-0.4, -0.2) is 61.6 Å². The van der Waals surface area contributed by atoms with Crippen LogP contribution in [0.1, 0.15) is 29.5 Å². The van der Waals surface area contributed by atoms with Crippen LogP contribution in [0.15, 0.2) is 12.1 Å². The van der Waals surface area contributed by atoms with E-state index in [9.17, 15) is 5.11 Å². The Morgan fingerprint density at radius 3 is 2.46 bits per heavy atom. The zero-order chi connectivity index (χ0) is 18.1. The zero-order valence-corrected chi connectivity index (χ0v) is 16.0. The fourth-order valence-corrected chi connectivity index (χ4v) is 4.87. The van der Waals surface area contributed by atoms with Crippen molar-refractivity contribution in [3.63, 3.8) is 0 Å². The molecule has 1 aliphatic carbocycles. The average Bonchev–Trinajstić information content (AvgIpc) is 3.06. The molecular weight excluding hydrogens is 328 g/mol. The SMILES string of the molecule is Cc1cc(CN2CCOCC2)cc(C)c1O[C@@H]1C[C@@H]2CNC[C@@H]2C[C@H]1O. The lowest BCUT2D eigenvalue weighted by molar-refractivity contribution is -0.0237. The minimum absolute atomic E-state index is 0.0846. The summed E-state index contributed by atoms with van der Waals surface area (Å²) < 4.78 is 11.8. The Kier molecular flexibility index (Phi) is 5.50. The van der Waals surface area contributed by atoms with Gasteiger partial charge in [0.2, 0.25) is 0 Å². The van der Waals surface area contributed by atoms with Gasteiger partial charge in [-0.15, -0.1) is 0 Å². The number of nitrogens with one attached hydrogen (secondary N) is 1. The molecule has 5 nitrogen and oxygen atoms in total. The Labute approximate surface area is 156 Å². The van der Waals surface area contributed by atoms with Crippen LogP contribution < -0.4 is 10.1 Å². The van der Waals surface area contributed by atoms with Gasteiger partial charge in [-0.2, -0.15) is 0 Å². The quantitative estimate of drug-likeness (QED) is 0.859. The molecule has 1 aromatic carbocycles. The number of rotatable bonds is 4. The Balaban J connectivity index is 1.44. The first-order valence-electron chi connectivity index (χ1n) is 10.1. The second kappa shape index (κ2) is 7.85. The smallest absolute Gasteiger partial charge is 0.125 e. The van der Waals surface area contributed by atoms with Crippen molar-refractivity contribution >= 4 is 0 Å². The molecule has 0 radical (unpaired) electrons. The number of ether oxygens (including phenoxy) is 2. The fourth-order valence-electron chi connectivity index (χ4n) is 4.87. The lowest BCUT2D eigenvalue weighted by atomic mass is 9.78. The van der Waals surface area contributed by atoms with E-state index < -0.39 is 0 Å². The molecule has 2 heterocycles. The molecule has 4 atom stereocenters. The van der Waals surface area contributed by atoms with E-state index in [1.54, 1.807) is 0 Å². The topological polar surface area (TPSA) is 54.0 Å². The Bertz CT molecular complexity index is 607. The third kappa shape index (κ3) is 3.91. The molecule has 3 aliphatic rings. The summed E-state index contributed by atoms with van der Waals surface area (Å²) in [6, 6.07) is 4.49. The summed E-state index contributed by atoms with van der Waals surface area (Å²) in [5.74, 6) is 2.22. The molecule has 1 saturated carbocycles. The third-order valence-electron chi connectivity index (χ3n) is 6.29. The van der Waals surface area contributed by atoms with Gasteiger partial charge in [-0.25, -0.2) is 0 Å². The van der Waals surface area contributed by atoms with Gasteiger partial charge in [-0.3, -0.25) is 4.90 Å². The molecule has 0 spiro atoms. The van der Waals surface area contributed by atoms with E-state index in [0.29, 0.717) is 11.8 Å². The van der Waals surface area contributed by atoms with Gasteiger partial charge in [0.15, 0.2) is 0 Å². The monoisotopic (exact) mass is 360 g/mol. The van der Waals surface area contributed by atoms with Crippen molar-refractivity contribution in [2.75, 3.05) is 39.4 Å². The molecule has 2 N–H and O–H groups in total. The molecule has 2 aliphatic heterocycles. The van der Waals surface area contributed by atoms with Crippen molar-refractivity contribution in [3.8, 4) is 5.75 Å². The van der Waals surface area contributed by atoms with Gasteiger partial charge in [0, 0.05) is 19.6 Å². The number of aryl methyl sites for hydroxylation is 2. The summed E-state index contributed by atoms with van der Waals surface area (Å²) in [5.41, 5.74) is 3.68. The molecule has 5 heteroatoms. The lowest BCUT2D eigenvalue weighted by Crippen LogP contribution is -2.42. The van der Waals surface area contributed by atoms with Gasteiger partial charge in [0.25, 0.3) is 0 Å². The van der Waals surface area contributed by atoms with E-state index >= 15 is 0 Å². The van der Waals surface area contributed by atoms with Crippen molar-refractivity contribution in [2.24, 2.45) is 11.8 Å². The molecule has 144 valence electrons. The maximum absolute atomic E-state index is 10.6. The van der Waals surface area contributed by atoms with Crippen LogP contribution in [0.4, 0.5) is 0 Å². The highest BCUT2D eigenvalue weighted by Gasteiger charge is 2.40. The number of hydrogen-bond donors (Lipinski definition) is 2. The molecule has 0 amide bonds. The molecule has 0 unspecified atom stereocenters. The van der Waals surface area contributed by atoms with Crippen LogP contribution in [0.3, 0.4) is 0 Å². The number of aliphatic hydroxyl groups excluding tert-OH is 1. The maximum atomic E-state index is 10.6. The zero-order valence-electron chi connectivity index (χ0n) is 16.0. The van der Waals surface area contributed by atoms with Gasteiger partial charge in [-0.1, -0.05) is 12.1 Å². The molecule has 4 rings (SSSR count). The predicted octanol–water partition coefficient (Wildman–Crippen LogP) is 1.87. The van der Waals surface area contributed by atoms with Crippen LogP contribution in [0.2, 0.25) is 0 Å².